The van der Waals surface area contributed by atoms with Crippen molar-refractivity contribution in [2.75, 3.05) is 0 Å². The topological polar surface area (TPSA) is 103 Å². The highest BCUT2D eigenvalue weighted by Gasteiger charge is 2.33. The van der Waals surface area contributed by atoms with Crippen molar-refractivity contribution in [2.24, 2.45) is 0 Å². The first-order valence-electron chi connectivity index (χ1n) is 9.61. The summed E-state index contributed by atoms with van der Waals surface area (Å²) in [6.45, 7) is 6.02. The van der Waals surface area contributed by atoms with Crippen LogP contribution in [0.1, 0.15) is 53.7 Å². The Bertz CT molecular complexity index is 1010. The quantitative estimate of drug-likeness (QED) is 0.684. The number of pyridine rings is 1. The van der Waals surface area contributed by atoms with Crippen LogP contribution in [-0.4, -0.2) is 31.8 Å². The van der Waals surface area contributed by atoms with Crippen molar-refractivity contribution in [3.63, 3.8) is 0 Å². The minimum Gasteiger partial charge on any atom is -0.472 e. The van der Waals surface area contributed by atoms with E-state index in [2.05, 4.69) is 25.7 Å². The second kappa shape index (κ2) is 7.62. The molecule has 0 atom stereocenters. The molecule has 0 spiro atoms. The molecule has 150 valence electrons. The molecule has 0 saturated heterocycles. The van der Waals surface area contributed by atoms with Crippen LogP contribution in [0.2, 0.25) is 0 Å². The molecule has 3 aromatic rings. The smallest absolute Gasteiger partial charge is 0.272 e. The number of aryl methyl sites for hydroxylation is 2. The second-order valence-electron chi connectivity index (χ2n) is 7.67. The molecule has 8 nitrogen and oxygen atoms in total. The molecule has 8 heteroatoms. The maximum Gasteiger partial charge on any atom is 0.272 e. The monoisotopic (exact) mass is 393 g/mol. The molecule has 3 heterocycles. The van der Waals surface area contributed by atoms with Crippen LogP contribution in [0.5, 0.6) is 5.88 Å². The second-order valence-corrected chi connectivity index (χ2v) is 7.67. The van der Waals surface area contributed by atoms with E-state index >= 15 is 0 Å². The summed E-state index contributed by atoms with van der Waals surface area (Å²) in [6, 6.07) is 7.12. The Balaban J connectivity index is 1.42. The molecule has 4 rings (SSSR count). The Morgan fingerprint density at radius 2 is 2.03 bits per heavy atom. The number of amides is 1. The van der Waals surface area contributed by atoms with Gasteiger partial charge in [-0.3, -0.25) is 9.78 Å². The van der Waals surface area contributed by atoms with E-state index in [4.69, 9.17) is 9.26 Å². The maximum atomic E-state index is 12.3. The number of hydrogen-bond donors (Lipinski definition) is 1. The molecule has 1 fully saturated rings. The number of aromatic nitrogens is 4. The summed E-state index contributed by atoms with van der Waals surface area (Å²) in [6.07, 6.45) is 4.87. The molecule has 0 radical (unpaired) electrons. The van der Waals surface area contributed by atoms with Gasteiger partial charge >= 0.3 is 0 Å². The summed E-state index contributed by atoms with van der Waals surface area (Å²) < 4.78 is 11.1. The zero-order valence-corrected chi connectivity index (χ0v) is 16.7. The van der Waals surface area contributed by atoms with Gasteiger partial charge in [-0.1, -0.05) is 5.16 Å². The lowest BCUT2D eigenvalue weighted by Crippen LogP contribution is -2.51. The van der Waals surface area contributed by atoms with Gasteiger partial charge in [0.25, 0.3) is 5.91 Å². The summed E-state index contributed by atoms with van der Waals surface area (Å²) in [5, 5.41) is 15.2. The highest BCUT2D eigenvalue weighted by Crippen LogP contribution is 2.31. The number of carbonyl (C=O) groups is 1. The van der Waals surface area contributed by atoms with Crippen LogP contribution in [0.4, 0.5) is 0 Å². The van der Waals surface area contributed by atoms with Crippen LogP contribution in [-0.2, 0) is 6.61 Å². The van der Waals surface area contributed by atoms with Gasteiger partial charge in [-0.25, -0.2) is 0 Å². The summed E-state index contributed by atoms with van der Waals surface area (Å²) in [7, 11) is 0. The van der Waals surface area contributed by atoms with Gasteiger partial charge in [0.05, 0.1) is 5.56 Å². The lowest BCUT2D eigenvalue weighted by molar-refractivity contribution is 0.0844. The molecule has 0 unspecified atom stereocenters. The standard InChI is InChI=1S/C21H23N5O3/c1-13-5-6-15(11-22-13)19-16(14(2)29-26-19)12-28-18-8-7-17(24-25-18)20(27)23-21(3)9-4-10-21/h5-8,11H,4,9-10,12H2,1-3H3,(H,23,27). The molecule has 0 aliphatic heterocycles. The summed E-state index contributed by atoms with van der Waals surface area (Å²) in [5.74, 6) is 0.776. The van der Waals surface area contributed by atoms with E-state index in [1.54, 1.807) is 18.3 Å². The van der Waals surface area contributed by atoms with Crippen LogP contribution < -0.4 is 10.1 Å². The molecule has 1 saturated carbocycles. The third-order valence-corrected chi connectivity index (χ3v) is 5.28. The van der Waals surface area contributed by atoms with Crippen molar-refractivity contribution in [3.05, 3.63) is 53.2 Å². The molecule has 1 aliphatic rings. The summed E-state index contributed by atoms with van der Waals surface area (Å²) >= 11 is 0. The summed E-state index contributed by atoms with van der Waals surface area (Å²) in [5.41, 5.74) is 3.44. The molecule has 1 aliphatic carbocycles. The minimum absolute atomic E-state index is 0.124. The van der Waals surface area contributed by atoms with Crippen molar-refractivity contribution in [1.29, 1.82) is 0 Å². The van der Waals surface area contributed by atoms with Crippen molar-refractivity contribution >= 4 is 5.91 Å². The minimum atomic E-state index is -0.213. The largest absolute Gasteiger partial charge is 0.472 e. The van der Waals surface area contributed by atoms with Gasteiger partial charge < -0.3 is 14.6 Å². The third-order valence-electron chi connectivity index (χ3n) is 5.28. The zero-order chi connectivity index (χ0) is 20.4. The van der Waals surface area contributed by atoms with E-state index in [1.807, 2.05) is 32.9 Å². The first-order chi connectivity index (χ1) is 13.9. The van der Waals surface area contributed by atoms with E-state index in [0.29, 0.717) is 17.3 Å². The Hall–Kier alpha value is -3.29. The van der Waals surface area contributed by atoms with Crippen LogP contribution in [0.25, 0.3) is 11.3 Å². The Morgan fingerprint density at radius 1 is 1.21 bits per heavy atom. The van der Waals surface area contributed by atoms with Gasteiger partial charge in [-0.05, 0) is 58.2 Å². The van der Waals surface area contributed by atoms with Crippen molar-refractivity contribution in [1.82, 2.24) is 25.7 Å². The fourth-order valence-corrected chi connectivity index (χ4v) is 3.23. The molecular formula is C21H23N5O3. The molecular weight excluding hydrogens is 370 g/mol. The highest BCUT2D eigenvalue weighted by atomic mass is 16.5. The number of ether oxygens (including phenoxy) is 1. The Labute approximate surface area is 168 Å². The number of carbonyl (C=O) groups excluding carboxylic acids is 1. The van der Waals surface area contributed by atoms with E-state index in [9.17, 15) is 4.79 Å². The van der Waals surface area contributed by atoms with Gasteiger partial charge in [0.1, 0.15) is 18.1 Å². The van der Waals surface area contributed by atoms with Crippen LogP contribution >= 0.6 is 0 Å². The SMILES string of the molecule is Cc1ccc(-c2noc(C)c2COc2ccc(C(=O)NC3(C)CCC3)nn2)cn1. The molecule has 0 aromatic carbocycles. The highest BCUT2D eigenvalue weighted by molar-refractivity contribution is 5.92. The maximum absolute atomic E-state index is 12.3. The molecule has 1 N–H and O–H groups in total. The van der Waals surface area contributed by atoms with Gasteiger partial charge in [0.15, 0.2) is 5.69 Å². The van der Waals surface area contributed by atoms with Gasteiger partial charge in [-0.2, -0.15) is 0 Å². The van der Waals surface area contributed by atoms with E-state index in [0.717, 1.165) is 36.1 Å². The fourth-order valence-electron chi connectivity index (χ4n) is 3.23. The average Bonchev–Trinajstić information content (AvgIpc) is 3.06. The van der Waals surface area contributed by atoms with Crippen molar-refractivity contribution in [2.45, 2.75) is 52.2 Å². The third kappa shape index (κ3) is 4.11. The van der Waals surface area contributed by atoms with Crippen LogP contribution in [0.15, 0.2) is 35.0 Å². The van der Waals surface area contributed by atoms with Crippen molar-refractivity contribution in [3.8, 4) is 17.1 Å². The van der Waals surface area contributed by atoms with E-state index < -0.39 is 0 Å². The predicted molar refractivity (Wildman–Crippen MR) is 105 cm³/mol. The Kier molecular flexibility index (Phi) is 5.00. The van der Waals surface area contributed by atoms with Gasteiger partial charge in [-0.15, -0.1) is 10.2 Å². The normalized spacial score (nSPS) is 14.9. The zero-order valence-electron chi connectivity index (χ0n) is 16.7. The number of nitrogens with one attached hydrogen (secondary N) is 1. The molecule has 1 amide bonds. The van der Waals surface area contributed by atoms with E-state index in [-0.39, 0.29) is 23.7 Å². The lowest BCUT2D eigenvalue weighted by atomic mass is 9.78. The van der Waals surface area contributed by atoms with Crippen molar-refractivity contribution < 1.29 is 14.1 Å². The lowest BCUT2D eigenvalue weighted by Gasteiger charge is -2.38. The molecule has 29 heavy (non-hydrogen) atoms. The summed E-state index contributed by atoms with van der Waals surface area (Å²) in [4.78, 5) is 16.6. The fraction of sp³-hybridized carbons (Fsp3) is 0.381. The first kappa shape index (κ1) is 19.0. The molecule has 3 aromatic heterocycles. The number of nitrogens with zero attached hydrogens (tertiary/aromatic N) is 4. The van der Waals surface area contributed by atoms with Gasteiger partial charge in [0, 0.05) is 29.1 Å². The predicted octanol–water partition coefficient (Wildman–Crippen LogP) is 3.39. The average molecular weight is 393 g/mol. The van der Waals surface area contributed by atoms with Crippen LogP contribution in [0.3, 0.4) is 0 Å². The van der Waals surface area contributed by atoms with Crippen LogP contribution in [0, 0.1) is 13.8 Å². The molecule has 0 bridgehead atoms. The van der Waals surface area contributed by atoms with E-state index in [1.165, 1.54) is 0 Å². The first-order valence-corrected chi connectivity index (χ1v) is 9.61. The van der Waals surface area contributed by atoms with Gasteiger partial charge in [0.2, 0.25) is 5.88 Å². The number of hydrogen-bond acceptors (Lipinski definition) is 7. The number of rotatable bonds is 6. The Morgan fingerprint density at radius 3 is 2.66 bits per heavy atom.